The van der Waals surface area contributed by atoms with Crippen molar-refractivity contribution in [2.24, 2.45) is 0 Å². The summed E-state index contributed by atoms with van der Waals surface area (Å²) in [5, 5.41) is 10.5. The number of non-ortho nitro benzene ring substituents is 1. The van der Waals surface area contributed by atoms with Crippen LogP contribution in [-0.4, -0.2) is 14.5 Å². The van der Waals surface area contributed by atoms with E-state index in [0.29, 0.717) is 5.69 Å². The third-order valence-corrected chi connectivity index (χ3v) is 1.97. The molecule has 0 aliphatic rings. The maximum absolute atomic E-state index is 11.2. The first-order chi connectivity index (χ1) is 7.18. The molecule has 1 N–H and O–H groups in total. The number of rotatable bonds is 2. The number of H-pyrrole nitrogens is 1. The van der Waals surface area contributed by atoms with Crippen molar-refractivity contribution in [3.63, 3.8) is 0 Å². The zero-order valence-electron chi connectivity index (χ0n) is 7.58. The molecule has 15 heavy (non-hydrogen) atoms. The topological polar surface area (TPSA) is 80.9 Å². The highest BCUT2D eigenvalue weighted by atomic mass is 16.6. The van der Waals surface area contributed by atoms with E-state index in [1.165, 1.54) is 35.2 Å². The van der Waals surface area contributed by atoms with Gasteiger partial charge in [-0.15, -0.1) is 0 Å². The Labute approximate surface area is 83.9 Å². The number of imidazole rings is 1. The van der Waals surface area contributed by atoms with Gasteiger partial charge in [-0.3, -0.25) is 14.7 Å². The summed E-state index contributed by atoms with van der Waals surface area (Å²) in [6.07, 6.45) is 2.99. The molecule has 0 unspecified atom stereocenters. The number of hydrogen-bond acceptors (Lipinski definition) is 3. The molecule has 0 aliphatic heterocycles. The molecule has 0 spiro atoms. The molecule has 1 heterocycles. The number of benzene rings is 1. The van der Waals surface area contributed by atoms with Gasteiger partial charge in [0.1, 0.15) is 0 Å². The maximum Gasteiger partial charge on any atom is 0.330 e. The molecular formula is C9H7N3O3. The van der Waals surface area contributed by atoms with Crippen molar-refractivity contribution < 1.29 is 4.92 Å². The molecule has 0 amide bonds. The van der Waals surface area contributed by atoms with Crippen LogP contribution >= 0.6 is 0 Å². The lowest BCUT2D eigenvalue weighted by Gasteiger charge is -1.99. The van der Waals surface area contributed by atoms with Gasteiger partial charge in [0.15, 0.2) is 0 Å². The van der Waals surface area contributed by atoms with Crippen LogP contribution in [0.25, 0.3) is 5.69 Å². The third-order valence-electron chi connectivity index (χ3n) is 1.97. The van der Waals surface area contributed by atoms with E-state index in [1.807, 2.05) is 0 Å². The summed E-state index contributed by atoms with van der Waals surface area (Å²) in [6.45, 7) is 0. The van der Waals surface area contributed by atoms with E-state index in [1.54, 1.807) is 6.07 Å². The molecule has 0 radical (unpaired) electrons. The van der Waals surface area contributed by atoms with Crippen molar-refractivity contribution >= 4 is 5.69 Å². The SMILES string of the molecule is O=c1[nH]ccn1-c1cccc([N+](=O)[O-])c1. The number of nitro groups is 1. The monoisotopic (exact) mass is 205 g/mol. The molecule has 0 fully saturated rings. The highest BCUT2D eigenvalue weighted by molar-refractivity contribution is 5.42. The molecule has 76 valence electrons. The first-order valence-corrected chi connectivity index (χ1v) is 4.19. The van der Waals surface area contributed by atoms with E-state index in [4.69, 9.17) is 0 Å². The van der Waals surface area contributed by atoms with Gasteiger partial charge in [0, 0.05) is 24.5 Å². The molecule has 0 saturated heterocycles. The van der Waals surface area contributed by atoms with Crippen molar-refractivity contribution in [3.8, 4) is 5.69 Å². The van der Waals surface area contributed by atoms with Crippen LogP contribution in [0, 0.1) is 10.1 Å². The summed E-state index contributed by atoms with van der Waals surface area (Å²) in [5.74, 6) is 0. The van der Waals surface area contributed by atoms with Crippen LogP contribution in [0.4, 0.5) is 5.69 Å². The second kappa shape index (κ2) is 3.41. The van der Waals surface area contributed by atoms with Crippen LogP contribution in [0.15, 0.2) is 41.5 Å². The van der Waals surface area contributed by atoms with Crippen molar-refractivity contribution in [1.82, 2.24) is 9.55 Å². The second-order valence-electron chi connectivity index (χ2n) is 2.91. The molecule has 2 rings (SSSR count). The van der Waals surface area contributed by atoms with Crippen molar-refractivity contribution in [2.45, 2.75) is 0 Å². The summed E-state index contributed by atoms with van der Waals surface area (Å²) >= 11 is 0. The van der Waals surface area contributed by atoms with Crippen LogP contribution in [-0.2, 0) is 0 Å². The normalized spacial score (nSPS) is 10.1. The van der Waals surface area contributed by atoms with Crippen LogP contribution in [0.1, 0.15) is 0 Å². The van der Waals surface area contributed by atoms with Gasteiger partial charge in [-0.05, 0) is 6.07 Å². The lowest BCUT2D eigenvalue weighted by atomic mass is 10.3. The van der Waals surface area contributed by atoms with Gasteiger partial charge in [-0.25, -0.2) is 4.79 Å². The smallest absolute Gasteiger partial charge is 0.312 e. The zero-order chi connectivity index (χ0) is 10.8. The zero-order valence-corrected chi connectivity index (χ0v) is 7.58. The molecule has 0 saturated carbocycles. The van der Waals surface area contributed by atoms with Gasteiger partial charge in [0.2, 0.25) is 0 Å². The molecule has 1 aromatic heterocycles. The Kier molecular flexibility index (Phi) is 2.09. The average molecular weight is 205 g/mol. The Morgan fingerprint density at radius 2 is 2.20 bits per heavy atom. The molecule has 2 aromatic rings. The Hall–Kier alpha value is -2.37. The molecule has 1 aromatic carbocycles. The average Bonchev–Trinajstić information content (AvgIpc) is 2.64. The molecule has 6 heteroatoms. The van der Waals surface area contributed by atoms with Gasteiger partial charge in [0.05, 0.1) is 10.6 Å². The van der Waals surface area contributed by atoms with Crippen LogP contribution in [0.2, 0.25) is 0 Å². The minimum Gasteiger partial charge on any atom is -0.312 e. The van der Waals surface area contributed by atoms with Gasteiger partial charge >= 0.3 is 5.69 Å². The summed E-state index contributed by atoms with van der Waals surface area (Å²) in [4.78, 5) is 23.7. The van der Waals surface area contributed by atoms with Crippen LogP contribution in [0.3, 0.4) is 0 Å². The number of nitrogens with zero attached hydrogens (tertiary/aromatic N) is 2. The summed E-state index contributed by atoms with van der Waals surface area (Å²) in [6, 6.07) is 5.88. The van der Waals surface area contributed by atoms with E-state index in [-0.39, 0.29) is 11.4 Å². The molecular weight excluding hydrogens is 198 g/mol. The van der Waals surface area contributed by atoms with E-state index in [9.17, 15) is 14.9 Å². The summed E-state index contributed by atoms with van der Waals surface area (Å²) < 4.78 is 1.30. The Bertz CT molecular complexity index is 555. The lowest BCUT2D eigenvalue weighted by molar-refractivity contribution is -0.384. The Morgan fingerprint density at radius 1 is 1.40 bits per heavy atom. The summed E-state index contributed by atoms with van der Waals surface area (Å²) in [7, 11) is 0. The highest BCUT2D eigenvalue weighted by Crippen LogP contribution is 2.14. The van der Waals surface area contributed by atoms with Gasteiger partial charge in [-0.1, -0.05) is 6.07 Å². The number of hydrogen-bond donors (Lipinski definition) is 1. The third kappa shape index (κ3) is 1.64. The van der Waals surface area contributed by atoms with Crippen LogP contribution in [0.5, 0.6) is 0 Å². The number of aromatic amines is 1. The fraction of sp³-hybridized carbons (Fsp3) is 0. The fourth-order valence-electron chi connectivity index (χ4n) is 1.28. The largest absolute Gasteiger partial charge is 0.330 e. The predicted octanol–water partition coefficient (Wildman–Crippen LogP) is 1.07. The molecule has 0 aliphatic carbocycles. The maximum atomic E-state index is 11.2. The Morgan fingerprint density at radius 3 is 2.80 bits per heavy atom. The predicted molar refractivity (Wildman–Crippen MR) is 53.0 cm³/mol. The lowest BCUT2D eigenvalue weighted by Crippen LogP contribution is -2.13. The molecule has 6 nitrogen and oxygen atoms in total. The van der Waals surface area contributed by atoms with Crippen molar-refractivity contribution in [1.29, 1.82) is 0 Å². The van der Waals surface area contributed by atoms with E-state index >= 15 is 0 Å². The van der Waals surface area contributed by atoms with E-state index in [0.717, 1.165) is 0 Å². The Balaban J connectivity index is 2.55. The van der Waals surface area contributed by atoms with Gasteiger partial charge in [-0.2, -0.15) is 0 Å². The van der Waals surface area contributed by atoms with Crippen molar-refractivity contribution in [3.05, 3.63) is 57.3 Å². The van der Waals surface area contributed by atoms with Crippen LogP contribution < -0.4 is 5.69 Å². The van der Waals surface area contributed by atoms with Gasteiger partial charge in [0.25, 0.3) is 5.69 Å². The fourth-order valence-corrected chi connectivity index (χ4v) is 1.28. The minimum absolute atomic E-state index is 0.0411. The van der Waals surface area contributed by atoms with E-state index < -0.39 is 4.92 Å². The summed E-state index contributed by atoms with van der Waals surface area (Å²) in [5.41, 5.74) is 0.103. The molecule has 0 atom stereocenters. The number of nitrogens with one attached hydrogen (secondary N) is 1. The number of nitro benzene ring substituents is 1. The standard InChI is InChI=1S/C9H7N3O3/c13-9-10-4-5-11(9)7-2-1-3-8(6-7)12(14)15/h1-6H,(H,10,13). The first-order valence-electron chi connectivity index (χ1n) is 4.19. The van der Waals surface area contributed by atoms with E-state index in [2.05, 4.69) is 4.98 Å². The quantitative estimate of drug-likeness (QED) is 0.588. The van der Waals surface area contributed by atoms with Gasteiger partial charge < -0.3 is 4.98 Å². The number of aromatic nitrogens is 2. The second-order valence-corrected chi connectivity index (χ2v) is 2.91. The first kappa shape index (κ1) is 9.20. The highest BCUT2D eigenvalue weighted by Gasteiger charge is 2.07. The van der Waals surface area contributed by atoms with Crippen molar-refractivity contribution in [2.75, 3.05) is 0 Å². The molecule has 0 bridgehead atoms. The minimum atomic E-state index is -0.499.